The van der Waals surface area contributed by atoms with Crippen LogP contribution in [0.3, 0.4) is 0 Å². The van der Waals surface area contributed by atoms with E-state index in [1.165, 1.54) is 42.5 Å². The van der Waals surface area contributed by atoms with Gasteiger partial charge in [0.25, 0.3) is 15.9 Å². The minimum atomic E-state index is -4.28. The lowest BCUT2D eigenvalue weighted by Gasteiger charge is -2.23. The van der Waals surface area contributed by atoms with E-state index in [1.54, 1.807) is 11.0 Å². The normalized spacial score (nSPS) is 11.4. The maximum atomic E-state index is 14.3. The number of ether oxygens (including phenoxy) is 1. The van der Waals surface area contributed by atoms with Crippen LogP contribution in [-0.2, 0) is 10.0 Å². The Labute approximate surface area is 210 Å². The summed E-state index contributed by atoms with van der Waals surface area (Å²) in [4.78, 5) is 23.3. The van der Waals surface area contributed by atoms with E-state index in [0.717, 1.165) is 0 Å². The van der Waals surface area contributed by atoms with E-state index in [2.05, 4.69) is 9.97 Å². The van der Waals surface area contributed by atoms with Gasteiger partial charge in [-0.05, 0) is 56.2 Å². The number of halogens is 1. The molecule has 0 saturated heterocycles. The van der Waals surface area contributed by atoms with Gasteiger partial charge in [0.05, 0.1) is 17.9 Å². The Morgan fingerprint density at radius 2 is 1.83 bits per heavy atom. The smallest absolute Gasteiger partial charge is 0.281 e. The number of nitrogens with one attached hydrogen (secondary N) is 1. The van der Waals surface area contributed by atoms with Crippen molar-refractivity contribution in [2.75, 3.05) is 30.3 Å². The van der Waals surface area contributed by atoms with Gasteiger partial charge in [-0.1, -0.05) is 19.9 Å². The lowest BCUT2D eigenvalue weighted by molar-refractivity contribution is 0.0981. The summed E-state index contributed by atoms with van der Waals surface area (Å²) < 4.78 is 47.5. The van der Waals surface area contributed by atoms with Crippen molar-refractivity contribution in [3.8, 4) is 17.0 Å². The molecule has 0 bridgehead atoms. The molecule has 11 heteroatoms. The number of carbonyl (C=O) groups excluding carboxylic acids is 1. The number of benzene rings is 1. The highest BCUT2D eigenvalue weighted by molar-refractivity contribution is 7.90. The van der Waals surface area contributed by atoms with Crippen LogP contribution in [0.1, 0.15) is 38.1 Å². The molecule has 0 fully saturated rings. The van der Waals surface area contributed by atoms with Crippen LogP contribution in [0.15, 0.2) is 53.6 Å². The van der Waals surface area contributed by atoms with Crippen molar-refractivity contribution in [2.45, 2.75) is 32.7 Å². The second kappa shape index (κ2) is 11.3. The molecule has 36 heavy (non-hydrogen) atoms. The van der Waals surface area contributed by atoms with Gasteiger partial charge in [0.1, 0.15) is 23.2 Å². The topological polar surface area (TPSA) is 128 Å². The van der Waals surface area contributed by atoms with E-state index in [9.17, 15) is 17.6 Å². The summed E-state index contributed by atoms with van der Waals surface area (Å²) in [5.74, 6) is -0.458. The molecule has 1 amide bonds. The molecule has 0 saturated carbocycles. The first-order chi connectivity index (χ1) is 17.0. The Morgan fingerprint density at radius 3 is 2.47 bits per heavy atom. The van der Waals surface area contributed by atoms with Gasteiger partial charge in [-0.25, -0.2) is 19.1 Å². The standard InChI is InChI=1S/C25H30FN5O4S/c1-5-31(6-2)24-20(25(32)30-36(33,34)23-9-7-8-22(27)29-23)10-11-21(28-24)17-12-18(26)14-19(13-17)35-15-16(3)4/h7-14,16H,5-6,15H2,1-4H3,(H2,27,29)(H,30,32). The van der Waals surface area contributed by atoms with Crippen LogP contribution in [0.25, 0.3) is 11.3 Å². The van der Waals surface area contributed by atoms with Gasteiger partial charge in [-0.2, -0.15) is 8.42 Å². The molecule has 192 valence electrons. The predicted molar refractivity (Wildman–Crippen MR) is 137 cm³/mol. The third-order valence-electron chi connectivity index (χ3n) is 5.18. The average molecular weight is 516 g/mol. The van der Waals surface area contributed by atoms with E-state index in [4.69, 9.17) is 10.5 Å². The number of anilines is 2. The zero-order valence-electron chi connectivity index (χ0n) is 20.7. The molecule has 0 spiro atoms. The summed E-state index contributed by atoms with van der Waals surface area (Å²) in [5, 5.41) is -0.376. The number of carbonyl (C=O) groups is 1. The number of amides is 1. The quantitative estimate of drug-likeness (QED) is 0.417. The van der Waals surface area contributed by atoms with Gasteiger partial charge in [0, 0.05) is 24.7 Å². The first-order valence-electron chi connectivity index (χ1n) is 11.5. The molecule has 0 aliphatic rings. The van der Waals surface area contributed by atoms with Crippen LogP contribution in [-0.4, -0.2) is 44.0 Å². The molecular formula is C25H30FN5O4S. The summed E-state index contributed by atoms with van der Waals surface area (Å²) in [5.41, 5.74) is 6.50. The number of nitrogens with two attached hydrogens (primary N) is 1. The number of nitrogens with zero attached hydrogens (tertiary/aromatic N) is 3. The van der Waals surface area contributed by atoms with Gasteiger partial charge in [0.15, 0.2) is 5.03 Å². The first-order valence-corrected chi connectivity index (χ1v) is 13.0. The molecule has 3 aromatic rings. The second-order valence-electron chi connectivity index (χ2n) is 8.46. The van der Waals surface area contributed by atoms with E-state index in [-0.39, 0.29) is 28.1 Å². The van der Waals surface area contributed by atoms with Gasteiger partial charge >= 0.3 is 0 Å². The number of aromatic nitrogens is 2. The Balaban J connectivity index is 2.01. The highest BCUT2D eigenvalue weighted by Crippen LogP contribution is 2.28. The zero-order chi connectivity index (χ0) is 26.5. The highest BCUT2D eigenvalue weighted by Gasteiger charge is 2.25. The Bertz CT molecular complexity index is 1340. The predicted octanol–water partition coefficient (Wildman–Crippen LogP) is 3.86. The lowest BCUT2D eigenvalue weighted by atomic mass is 10.1. The van der Waals surface area contributed by atoms with Crippen LogP contribution >= 0.6 is 0 Å². The minimum Gasteiger partial charge on any atom is -0.493 e. The van der Waals surface area contributed by atoms with Crippen molar-refractivity contribution < 1.29 is 22.3 Å². The molecule has 0 aliphatic carbocycles. The fraction of sp³-hybridized carbons (Fsp3) is 0.320. The summed E-state index contributed by atoms with van der Waals surface area (Å²) in [6, 6.07) is 11.4. The van der Waals surface area contributed by atoms with Crippen LogP contribution in [0, 0.1) is 11.7 Å². The Kier molecular flexibility index (Phi) is 8.46. The summed E-state index contributed by atoms with van der Waals surface area (Å²) >= 11 is 0. The zero-order valence-corrected chi connectivity index (χ0v) is 21.5. The number of sulfonamides is 1. The van der Waals surface area contributed by atoms with Crippen molar-refractivity contribution in [1.29, 1.82) is 0 Å². The average Bonchev–Trinajstić information content (AvgIpc) is 2.83. The molecule has 2 aromatic heterocycles. The molecule has 9 nitrogen and oxygen atoms in total. The molecule has 0 atom stereocenters. The number of hydrogen-bond donors (Lipinski definition) is 2. The summed E-state index contributed by atoms with van der Waals surface area (Å²) in [7, 11) is -4.28. The van der Waals surface area contributed by atoms with Crippen molar-refractivity contribution in [2.24, 2.45) is 5.92 Å². The Morgan fingerprint density at radius 1 is 1.11 bits per heavy atom. The van der Waals surface area contributed by atoms with Crippen molar-refractivity contribution in [3.63, 3.8) is 0 Å². The molecule has 3 rings (SSSR count). The fourth-order valence-corrected chi connectivity index (χ4v) is 4.36. The molecule has 0 unspecified atom stereocenters. The maximum Gasteiger partial charge on any atom is 0.281 e. The van der Waals surface area contributed by atoms with Crippen LogP contribution in [0.5, 0.6) is 5.75 Å². The van der Waals surface area contributed by atoms with Crippen molar-refractivity contribution in [3.05, 3.63) is 59.9 Å². The number of rotatable bonds is 10. The van der Waals surface area contributed by atoms with E-state index < -0.39 is 21.7 Å². The molecule has 0 aliphatic heterocycles. The van der Waals surface area contributed by atoms with Gasteiger partial charge in [-0.3, -0.25) is 4.79 Å². The lowest BCUT2D eigenvalue weighted by Crippen LogP contribution is -2.34. The van der Waals surface area contributed by atoms with Crippen molar-refractivity contribution >= 4 is 27.6 Å². The van der Waals surface area contributed by atoms with Crippen LogP contribution in [0.2, 0.25) is 0 Å². The fourth-order valence-electron chi connectivity index (χ4n) is 3.42. The van der Waals surface area contributed by atoms with Crippen LogP contribution in [0.4, 0.5) is 16.0 Å². The van der Waals surface area contributed by atoms with E-state index >= 15 is 0 Å². The van der Waals surface area contributed by atoms with Gasteiger partial charge in [0.2, 0.25) is 0 Å². The Hall–Kier alpha value is -3.73. The highest BCUT2D eigenvalue weighted by atomic mass is 32.2. The third kappa shape index (κ3) is 6.48. The first kappa shape index (κ1) is 26.9. The van der Waals surface area contributed by atoms with Gasteiger partial charge in [-0.15, -0.1) is 0 Å². The van der Waals surface area contributed by atoms with Crippen LogP contribution < -0.4 is 20.1 Å². The monoisotopic (exact) mass is 515 g/mol. The SMILES string of the molecule is CCN(CC)c1nc(-c2cc(F)cc(OCC(C)C)c2)ccc1C(=O)NS(=O)(=O)c1cccc(N)n1. The van der Waals surface area contributed by atoms with E-state index in [0.29, 0.717) is 36.7 Å². The molecule has 2 heterocycles. The number of hydrogen-bond acceptors (Lipinski definition) is 8. The van der Waals surface area contributed by atoms with E-state index in [1.807, 2.05) is 32.4 Å². The minimum absolute atomic E-state index is 0.00649. The summed E-state index contributed by atoms with van der Waals surface area (Å²) in [6.45, 7) is 9.18. The van der Waals surface area contributed by atoms with Crippen molar-refractivity contribution in [1.82, 2.24) is 14.7 Å². The summed E-state index contributed by atoms with van der Waals surface area (Å²) in [6.07, 6.45) is 0. The number of nitrogen functional groups attached to an aromatic ring is 1. The molecule has 1 aromatic carbocycles. The maximum absolute atomic E-state index is 14.3. The third-order valence-corrected chi connectivity index (χ3v) is 6.41. The molecule has 0 radical (unpaired) electrons. The molecule has 3 N–H and O–H groups in total. The molecular weight excluding hydrogens is 485 g/mol. The number of pyridine rings is 2. The largest absolute Gasteiger partial charge is 0.493 e. The second-order valence-corrected chi connectivity index (χ2v) is 10.1. The van der Waals surface area contributed by atoms with Gasteiger partial charge < -0.3 is 15.4 Å².